The van der Waals surface area contributed by atoms with Crippen LogP contribution in [0.4, 0.5) is 0 Å². The monoisotopic (exact) mass is 369 g/mol. The van der Waals surface area contributed by atoms with Crippen LogP contribution in [0.15, 0.2) is 30.3 Å². The number of rotatable bonds is 8. The third-order valence-corrected chi connectivity index (χ3v) is 4.87. The van der Waals surface area contributed by atoms with Crippen LogP contribution >= 0.6 is 0 Å². The molecule has 0 fully saturated rings. The van der Waals surface area contributed by atoms with Crippen molar-refractivity contribution in [3.63, 3.8) is 0 Å². The van der Waals surface area contributed by atoms with Gasteiger partial charge in [-0.15, -0.1) is 0 Å². The molecule has 7 nitrogen and oxygen atoms in total. The van der Waals surface area contributed by atoms with E-state index in [1.165, 1.54) is 7.05 Å². The molecule has 25 heavy (non-hydrogen) atoms. The van der Waals surface area contributed by atoms with Gasteiger partial charge in [0.2, 0.25) is 15.9 Å². The molecule has 2 atom stereocenters. The van der Waals surface area contributed by atoms with Gasteiger partial charge in [0.1, 0.15) is 6.04 Å². The van der Waals surface area contributed by atoms with Gasteiger partial charge in [-0.1, -0.05) is 44.2 Å². The van der Waals surface area contributed by atoms with Crippen LogP contribution in [0.1, 0.15) is 25.8 Å². The number of sulfonamides is 1. The fourth-order valence-electron chi connectivity index (χ4n) is 2.61. The summed E-state index contributed by atoms with van der Waals surface area (Å²) in [5.41, 5.74) is 6.65. The third-order valence-electron chi connectivity index (χ3n) is 3.72. The van der Waals surface area contributed by atoms with E-state index >= 15 is 0 Å². The zero-order valence-corrected chi connectivity index (χ0v) is 15.9. The Balaban J connectivity index is 3.26. The van der Waals surface area contributed by atoms with Crippen LogP contribution in [0.3, 0.4) is 0 Å². The van der Waals surface area contributed by atoms with Gasteiger partial charge in [-0.2, -0.15) is 0 Å². The van der Waals surface area contributed by atoms with E-state index in [0.717, 1.165) is 11.8 Å². The van der Waals surface area contributed by atoms with Crippen LogP contribution in [-0.2, 0) is 26.0 Å². The summed E-state index contributed by atoms with van der Waals surface area (Å²) in [7, 11) is -2.57. The Morgan fingerprint density at radius 1 is 1.20 bits per heavy atom. The van der Waals surface area contributed by atoms with Gasteiger partial charge in [0.05, 0.1) is 12.3 Å². The summed E-state index contributed by atoms with van der Waals surface area (Å²) in [6.45, 7) is 3.77. The molecule has 0 radical (unpaired) electrons. The Morgan fingerprint density at radius 2 is 1.76 bits per heavy atom. The Bertz CT molecular complexity index is 689. The zero-order valence-electron chi connectivity index (χ0n) is 15.1. The zero-order chi connectivity index (χ0) is 19.2. The second kappa shape index (κ2) is 8.96. The van der Waals surface area contributed by atoms with Crippen molar-refractivity contribution in [2.24, 2.45) is 11.7 Å². The van der Waals surface area contributed by atoms with Gasteiger partial charge in [-0.05, 0) is 17.9 Å². The molecule has 0 unspecified atom stereocenters. The van der Waals surface area contributed by atoms with E-state index in [0.29, 0.717) is 10.7 Å². The first-order chi connectivity index (χ1) is 11.6. The summed E-state index contributed by atoms with van der Waals surface area (Å²) in [5.74, 6) is -1.20. The number of nitrogens with two attached hydrogens (primary N) is 1. The van der Waals surface area contributed by atoms with E-state index < -0.39 is 33.9 Å². The van der Waals surface area contributed by atoms with Crippen molar-refractivity contribution >= 4 is 21.8 Å². The number of nitrogens with zero attached hydrogens (tertiary/aromatic N) is 1. The molecule has 140 valence electrons. The molecule has 0 spiro atoms. The minimum Gasteiger partial charge on any atom is -0.357 e. The van der Waals surface area contributed by atoms with E-state index in [4.69, 9.17) is 5.73 Å². The number of carbonyl (C=O) groups is 2. The first-order valence-corrected chi connectivity index (χ1v) is 9.97. The molecule has 0 heterocycles. The van der Waals surface area contributed by atoms with Gasteiger partial charge in [0.15, 0.2) is 0 Å². The van der Waals surface area contributed by atoms with Crippen molar-refractivity contribution in [1.29, 1.82) is 0 Å². The minimum absolute atomic E-state index is 0.0771. The van der Waals surface area contributed by atoms with Gasteiger partial charge in [0.25, 0.3) is 5.91 Å². The Labute approximate surface area is 149 Å². The summed E-state index contributed by atoms with van der Waals surface area (Å²) in [5, 5.41) is 2.43. The number of likely N-dealkylation sites (N-methyl/N-ethyl adjacent to an activating group) is 1. The fourth-order valence-corrected chi connectivity index (χ4v) is 3.70. The van der Waals surface area contributed by atoms with Crippen LogP contribution in [0.5, 0.6) is 0 Å². The molecule has 0 bridgehead atoms. The minimum atomic E-state index is -3.98. The summed E-state index contributed by atoms with van der Waals surface area (Å²) < 4.78 is 25.2. The highest BCUT2D eigenvalue weighted by molar-refractivity contribution is 7.89. The molecule has 3 N–H and O–H groups in total. The van der Waals surface area contributed by atoms with Crippen molar-refractivity contribution in [2.45, 2.75) is 38.8 Å². The third kappa shape index (κ3) is 6.13. The lowest BCUT2D eigenvalue weighted by atomic mass is 10.0. The molecule has 0 aliphatic rings. The lowest BCUT2D eigenvalue weighted by Gasteiger charge is -2.31. The van der Waals surface area contributed by atoms with Crippen molar-refractivity contribution in [1.82, 2.24) is 9.62 Å². The van der Waals surface area contributed by atoms with E-state index in [1.807, 2.05) is 19.9 Å². The summed E-state index contributed by atoms with van der Waals surface area (Å²) >= 11 is 0. The van der Waals surface area contributed by atoms with Crippen molar-refractivity contribution < 1.29 is 18.0 Å². The molecule has 0 aliphatic heterocycles. The highest BCUT2D eigenvalue weighted by Crippen LogP contribution is 2.16. The average Bonchev–Trinajstić information content (AvgIpc) is 2.52. The van der Waals surface area contributed by atoms with Crippen LogP contribution in [0.2, 0.25) is 0 Å². The maximum Gasteiger partial charge on any atom is 0.253 e. The Hall–Kier alpha value is -1.93. The van der Waals surface area contributed by atoms with E-state index in [-0.39, 0.29) is 12.3 Å². The number of amides is 2. The van der Waals surface area contributed by atoms with Gasteiger partial charge in [-0.3, -0.25) is 9.59 Å². The molecule has 1 rings (SSSR count). The first-order valence-electron chi connectivity index (χ1n) is 8.12. The highest BCUT2D eigenvalue weighted by atomic mass is 32.2. The van der Waals surface area contributed by atoms with Crippen LogP contribution in [0.25, 0.3) is 0 Å². The van der Waals surface area contributed by atoms with Crippen LogP contribution in [0, 0.1) is 5.92 Å². The topological polar surface area (TPSA) is 110 Å². The summed E-state index contributed by atoms with van der Waals surface area (Å²) in [4.78, 5) is 25.1. The van der Waals surface area contributed by atoms with Gasteiger partial charge >= 0.3 is 0 Å². The number of carbonyl (C=O) groups excluding carboxylic acids is 2. The summed E-state index contributed by atoms with van der Waals surface area (Å²) in [6.07, 6.45) is 1.32. The van der Waals surface area contributed by atoms with Crippen molar-refractivity contribution in [2.75, 3.05) is 13.3 Å². The maximum absolute atomic E-state index is 12.7. The molecule has 0 saturated carbocycles. The van der Waals surface area contributed by atoms with Crippen molar-refractivity contribution in [3.8, 4) is 0 Å². The van der Waals surface area contributed by atoms with Crippen molar-refractivity contribution in [3.05, 3.63) is 35.9 Å². The Kier molecular flexibility index (Phi) is 7.57. The second-order valence-corrected chi connectivity index (χ2v) is 8.31. The lowest BCUT2D eigenvalue weighted by molar-refractivity contribution is -0.135. The number of benzene rings is 1. The maximum atomic E-state index is 12.7. The number of hydrogen-bond acceptors (Lipinski definition) is 5. The predicted octanol–water partition coefficient (Wildman–Crippen LogP) is 0.505. The van der Waals surface area contributed by atoms with Crippen LogP contribution in [-0.4, -0.2) is 49.9 Å². The molecule has 0 aromatic heterocycles. The average molecular weight is 369 g/mol. The SMILES string of the molecule is CNC(=O)[C@H](Cc1ccccc1)N(C(=O)[C@@H](N)CC(C)C)S(C)(=O)=O. The van der Waals surface area contributed by atoms with Crippen LogP contribution < -0.4 is 11.1 Å². The van der Waals surface area contributed by atoms with Gasteiger partial charge in [-0.25, -0.2) is 12.7 Å². The van der Waals surface area contributed by atoms with E-state index in [2.05, 4.69) is 5.32 Å². The predicted molar refractivity (Wildman–Crippen MR) is 97.1 cm³/mol. The van der Waals surface area contributed by atoms with E-state index in [1.54, 1.807) is 24.3 Å². The van der Waals surface area contributed by atoms with Gasteiger partial charge < -0.3 is 11.1 Å². The molecular formula is C17H27N3O4S. The standard InChI is InChI=1S/C17H27N3O4S/c1-12(2)10-14(18)17(22)20(25(4,23)24)15(16(21)19-3)11-13-8-6-5-7-9-13/h5-9,12,14-15H,10-11,18H2,1-4H3,(H,19,21)/t14-,15-/m0/s1. The molecule has 0 saturated heterocycles. The second-order valence-electron chi connectivity index (χ2n) is 6.45. The quantitative estimate of drug-likeness (QED) is 0.694. The highest BCUT2D eigenvalue weighted by Gasteiger charge is 2.38. The lowest BCUT2D eigenvalue weighted by Crippen LogP contribution is -2.56. The first kappa shape index (κ1) is 21.1. The fraction of sp³-hybridized carbons (Fsp3) is 0.529. The summed E-state index contributed by atoms with van der Waals surface area (Å²) in [6, 6.07) is 6.76. The largest absolute Gasteiger partial charge is 0.357 e. The van der Waals surface area contributed by atoms with E-state index in [9.17, 15) is 18.0 Å². The molecule has 1 aromatic carbocycles. The Morgan fingerprint density at radius 3 is 2.20 bits per heavy atom. The number of nitrogens with one attached hydrogen (secondary N) is 1. The normalized spacial score (nSPS) is 14.0. The van der Waals surface area contributed by atoms with Gasteiger partial charge in [0, 0.05) is 13.5 Å². The molecular weight excluding hydrogens is 342 g/mol. The molecule has 2 amide bonds. The molecule has 8 heteroatoms. The smallest absolute Gasteiger partial charge is 0.253 e. The molecule has 0 aliphatic carbocycles. The number of hydrogen-bond donors (Lipinski definition) is 2. The molecule has 1 aromatic rings.